The van der Waals surface area contributed by atoms with E-state index in [1.165, 1.54) is 43.4 Å². The zero-order valence-electron chi connectivity index (χ0n) is 17.8. The van der Waals surface area contributed by atoms with Gasteiger partial charge in [-0.25, -0.2) is 4.39 Å². The van der Waals surface area contributed by atoms with Gasteiger partial charge in [0.15, 0.2) is 11.5 Å². The molecule has 2 aromatic carbocycles. The minimum Gasteiger partial charge on any atom is -0.507 e. The second-order valence-electron chi connectivity index (χ2n) is 7.71. The van der Waals surface area contributed by atoms with Crippen molar-refractivity contribution in [2.24, 2.45) is 0 Å². The Hall–Kier alpha value is -3.39. The van der Waals surface area contributed by atoms with Crippen molar-refractivity contribution in [1.29, 1.82) is 0 Å². The molecule has 0 aliphatic carbocycles. The second kappa shape index (κ2) is 9.00. The lowest BCUT2D eigenvalue weighted by atomic mass is 9.94. The number of nitrogens with zero attached hydrogens (tertiary/aromatic N) is 1. The molecule has 0 bridgehead atoms. The highest BCUT2D eigenvalue weighted by atomic mass is 19.1. The number of amides is 1. The van der Waals surface area contributed by atoms with Crippen LogP contribution in [0, 0.1) is 5.82 Å². The van der Waals surface area contributed by atoms with Gasteiger partial charge in [-0.2, -0.15) is 0 Å². The standard InChI is InChI=1S/C24H24FNO6/c1-30-18-10-7-15(12-19(18)31-2)21-20(22(27)14-5-8-16(25)9-6-14)23(28)24(29)26(21)13-17-4-3-11-32-17/h5-10,12,17,21,27H,3-4,11,13H2,1-2H3/t17-,21-/m0/s1. The van der Waals surface area contributed by atoms with Gasteiger partial charge in [0.1, 0.15) is 11.6 Å². The third kappa shape index (κ3) is 3.93. The number of carbonyl (C=O) groups excluding carboxylic acids is 2. The van der Waals surface area contributed by atoms with Crippen molar-refractivity contribution < 1.29 is 33.3 Å². The van der Waals surface area contributed by atoms with E-state index in [2.05, 4.69) is 0 Å². The number of ketones is 1. The van der Waals surface area contributed by atoms with Gasteiger partial charge in [0.2, 0.25) is 0 Å². The van der Waals surface area contributed by atoms with E-state index in [-0.39, 0.29) is 29.5 Å². The number of hydrogen-bond donors (Lipinski definition) is 1. The summed E-state index contributed by atoms with van der Waals surface area (Å²) in [6.07, 6.45) is 1.46. The molecule has 0 spiro atoms. The summed E-state index contributed by atoms with van der Waals surface area (Å²) in [6.45, 7) is 0.814. The van der Waals surface area contributed by atoms with Crippen molar-refractivity contribution in [3.05, 3.63) is 65.0 Å². The van der Waals surface area contributed by atoms with Crippen LogP contribution in [-0.4, -0.2) is 55.2 Å². The number of methoxy groups -OCH3 is 2. The van der Waals surface area contributed by atoms with Gasteiger partial charge in [-0.15, -0.1) is 0 Å². The Bertz CT molecular complexity index is 1060. The van der Waals surface area contributed by atoms with Crippen LogP contribution in [0.2, 0.25) is 0 Å². The monoisotopic (exact) mass is 441 g/mol. The first-order valence-corrected chi connectivity index (χ1v) is 10.3. The van der Waals surface area contributed by atoms with Crippen LogP contribution in [-0.2, 0) is 14.3 Å². The van der Waals surface area contributed by atoms with Crippen LogP contribution in [0.25, 0.3) is 5.76 Å². The van der Waals surface area contributed by atoms with Gasteiger partial charge in [0.25, 0.3) is 11.7 Å². The summed E-state index contributed by atoms with van der Waals surface area (Å²) >= 11 is 0. The molecule has 2 atom stereocenters. The fourth-order valence-corrected chi connectivity index (χ4v) is 4.21. The van der Waals surface area contributed by atoms with E-state index in [0.717, 1.165) is 12.8 Å². The number of aliphatic hydroxyl groups excluding tert-OH is 1. The highest BCUT2D eigenvalue weighted by Gasteiger charge is 2.47. The van der Waals surface area contributed by atoms with Crippen LogP contribution in [0.5, 0.6) is 11.5 Å². The Labute approximate surface area is 185 Å². The summed E-state index contributed by atoms with van der Waals surface area (Å²) in [5.41, 5.74) is 0.752. The maximum absolute atomic E-state index is 13.4. The van der Waals surface area contributed by atoms with Gasteiger partial charge >= 0.3 is 0 Å². The molecule has 0 radical (unpaired) electrons. The Morgan fingerprint density at radius 2 is 1.84 bits per heavy atom. The number of Topliss-reactive ketones (excluding diaryl/α,β-unsaturated/α-hetero) is 1. The van der Waals surface area contributed by atoms with Crippen molar-refractivity contribution in [2.75, 3.05) is 27.4 Å². The summed E-state index contributed by atoms with van der Waals surface area (Å²) in [7, 11) is 3.00. The molecule has 2 aromatic rings. The second-order valence-corrected chi connectivity index (χ2v) is 7.71. The molecule has 2 aliphatic heterocycles. The molecule has 32 heavy (non-hydrogen) atoms. The number of carbonyl (C=O) groups is 2. The highest BCUT2D eigenvalue weighted by Crippen LogP contribution is 2.42. The maximum Gasteiger partial charge on any atom is 0.295 e. The van der Waals surface area contributed by atoms with Gasteiger partial charge in [-0.3, -0.25) is 9.59 Å². The molecule has 1 N–H and O–H groups in total. The molecule has 0 aromatic heterocycles. The van der Waals surface area contributed by atoms with Gasteiger partial charge < -0.3 is 24.2 Å². The van der Waals surface area contributed by atoms with E-state index in [1.807, 2.05) is 0 Å². The molecule has 7 nitrogen and oxygen atoms in total. The van der Waals surface area contributed by atoms with Crippen LogP contribution < -0.4 is 9.47 Å². The highest BCUT2D eigenvalue weighted by molar-refractivity contribution is 6.46. The first-order valence-electron chi connectivity index (χ1n) is 10.3. The quantitative estimate of drug-likeness (QED) is 0.420. The van der Waals surface area contributed by atoms with Crippen molar-refractivity contribution >= 4 is 17.4 Å². The molecule has 2 aliphatic rings. The lowest BCUT2D eigenvalue weighted by molar-refractivity contribution is -0.140. The van der Waals surface area contributed by atoms with Crippen molar-refractivity contribution in [3.8, 4) is 11.5 Å². The number of hydrogen-bond acceptors (Lipinski definition) is 6. The summed E-state index contributed by atoms with van der Waals surface area (Å²) in [5.74, 6) is -1.44. The van der Waals surface area contributed by atoms with Crippen LogP contribution in [0.15, 0.2) is 48.0 Å². The first-order chi connectivity index (χ1) is 15.4. The SMILES string of the molecule is COc1ccc([C@H]2C(=C(O)c3ccc(F)cc3)C(=O)C(=O)N2C[C@@H]2CCCO2)cc1OC. The molecular weight excluding hydrogens is 417 g/mol. The fraction of sp³-hybridized carbons (Fsp3) is 0.333. The topological polar surface area (TPSA) is 85.3 Å². The summed E-state index contributed by atoms with van der Waals surface area (Å²) in [6, 6.07) is 9.32. The number of likely N-dealkylation sites (tertiary alicyclic amines) is 1. The Kier molecular flexibility index (Phi) is 6.14. The first kappa shape index (κ1) is 21.8. The van der Waals surface area contributed by atoms with Crippen molar-refractivity contribution in [2.45, 2.75) is 25.0 Å². The predicted octanol–water partition coefficient (Wildman–Crippen LogP) is 3.44. The fourth-order valence-electron chi connectivity index (χ4n) is 4.21. The van der Waals surface area contributed by atoms with Crippen LogP contribution in [0.3, 0.4) is 0 Å². The lowest BCUT2D eigenvalue weighted by Gasteiger charge is -2.28. The molecule has 2 fully saturated rings. The molecule has 4 rings (SSSR count). The van der Waals surface area contributed by atoms with E-state index in [4.69, 9.17) is 14.2 Å². The van der Waals surface area contributed by atoms with Crippen LogP contribution in [0.1, 0.15) is 30.0 Å². The third-order valence-electron chi connectivity index (χ3n) is 5.81. The smallest absolute Gasteiger partial charge is 0.295 e. The minimum atomic E-state index is -0.857. The molecule has 2 heterocycles. The van der Waals surface area contributed by atoms with Crippen molar-refractivity contribution in [1.82, 2.24) is 4.90 Å². The molecule has 0 unspecified atom stereocenters. The molecule has 0 saturated carbocycles. The molecule has 1 amide bonds. The van der Waals surface area contributed by atoms with E-state index in [1.54, 1.807) is 18.2 Å². The zero-order chi connectivity index (χ0) is 22.8. The average molecular weight is 441 g/mol. The van der Waals surface area contributed by atoms with E-state index in [0.29, 0.717) is 23.7 Å². The Morgan fingerprint density at radius 3 is 2.47 bits per heavy atom. The predicted molar refractivity (Wildman–Crippen MR) is 114 cm³/mol. The molecule has 8 heteroatoms. The summed E-state index contributed by atoms with van der Waals surface area (Å²) < 4.78 is 29.8. The number of aliphatic hydroxyl groups is 1. The van der Waals surface area contributed by atoms with Crippen LogP contribution >= 0.6 is 0 Å². The lowest BCUT2D eigenvalue weighted by Crippen LogP contribution is -2.36. The van der Waals surface area contributed by atoms with E-state index >= 15 is 0 Å². The Balaban J connectivity index is 1.85. The Morgan fingerprint density at radius 1 is 1.12 bits per heavy atom. The van der Waals surface area contributed by atoms with E-state index in [9.17, 15) is 19.1 Å². The van der Waals surface area contributed by atoms with Crippen molar-refractivity contribution in [3.63, 3.8) is 0 Å². The molecular formula is C24H24FNO6. The largest absolute Gasteiger partial charge is 0.507 e. The number of rotatable bonds is 6. The number of benzene rings is 2. The minimum absolute atomic E-state index is 0.0631. The van der Waals surface area contributed by atoms with Gasteiger partial charge in [0.05, 0.1) is 31.9 Å². The van der Waals surface area contributed by atoms with Gasteiger partial charge in [0, 0.05) is 18.7 Å². The van der Waals surface area contributed by atoms with Gasteiger partial charge in [-0.05, 0) is 54.8 Å². The van der Waals surface area contributed by atoms with Gasteiger partial charge in [-0.1, -0.05) is 6.07 Å². The van der Waals surface area contributed by atoms with Crippen LogP contribution in [0.4, 0.5) is 4.39 Å². The zero-order valence-corrected chi connectivity index (χ0v) is 17.8. The maximum atomic E-state index is 13.4. The normalized spacial score (nSPS) is 22.4. The molecule has 2 saturated heterocycles. The summed E-state index contributed by atoms with van der Waals surface area (Å²) in [4.78, 5) is 27.5. The third-order valence-corrected chi connectivity index (χ3v) is 5.81. The number of halogens is 1. The summed E-state index contributed by atoms with van der Waals surface area (Å²) in [5, 5.41) is 11.0. The molecule has 168 valence electrons. The van der Waals surface area contributed by atoms with E-state index < -0.39 is 23.5 Å². The average Bonchev–Trinajstić information content (AvgIpc) is 3.41. The number of ether oxygens (including phenoxy) is 3.